The maximum Gasteiger partial charge on any atom is 0.411 e. The van der Waals surface area contributed by atoms with Crippen molar-refractivity contribution in [3.63, 3.8) is 0 Å². The van der Waals surface area contributed by atoms with Crippen molar-refractivity contribution in [3.8, 4) is 0 Å². The molecular weight excluding hydrogens is 491 g/mol. The van der Waals surface area contributed by atoms with Gasteiger partial charge in [0.1, 0.15) is 20.1 Å². The fourth-order valence-corrected chi connectivity index (χ4v) is 5.69. The van der Waals surface area contributed by atoms with Gasteiger partial charge in [-0.25, -0.2) is 18.0 Å². The molecule has 2 amide bonds. The lowest BCUT2D eigenvalue weighted by Gasteiger charge is -2.25. The Balaban J connectivity index is 1.74. The van der Waals surface area contributed by atoms with Gasteiger partial charge in [-0.1, -0.05) is 36.7 Å². The zero-order valence-electron chi connectivity index (χ0n) is 22.1. The molecule has 10 heteroatoms. The number of carbonyl (C=O) groups excluding carboxylic acids is 2. The van der Waals surface area contributed by atoms with E-state index in [2.05, 4.69) is 5.32 Å². The molecule has 8 nitrogen and oxygen atoms in total. The van der Waals surface area contributed by atoms with Crippen LogP contribution in [0.4, 0.5) is 15.3 Å². The zero-order chi connectivity index (χ0) is 27.4. The third-order valence-electron chi connectivity index (χ3n) is 6.01. The Labute approximate surface area is 221 Å². The number of anilines is 1. The van der Waals surface area contributed by atoms with Crippen LogP contribution in [0, 0.1) is 0 Å². The molecule has 1 saturated carbocycles. The van der Waals surface area contributed by atoms with E-state index in [-0.39, 0.29) is 24.0 Å². The van der Waals surface area contributed by atoms with Crippen molar-refractivity contribution in [1.82, 2.24) is 4.90 Å². The molecule has 1 aliphatic rings. The van der Waals surface area contributed by atoms with Crippen LogP contribution < -0.4 is 10.8 Å². The first-order valence-corrected chi connectivity index (χ1v) is 13.9. The Hall–Kier alpha value is -3.01. The van der Waals surface area contributed by atoms with Crippen molar-refractivity contribution in [1.29, 1.82) is 0 Å². The molecule has 0 aliphatic heterocycles. The van der Waals surface area contributed by atoms with Crippen LogP contribution >= 0.6 is 0 Å². The van der Waals surface area contributed by atoms with E-state index < -0.39 is 32.9 Å². The van der Waals surface area contributed by atoms with Crippen LogP contribution in [0.15, 0.2) is 47.4 Å². The molecule has 3 rings (SSSR count). The summed E-state index contributed by atoms with van der Waals surface area (Å²) in [6, 6.07) is 12.0. The highest BCUT2D eigenvalue weighted by Crippen LogP contribution is 2.36. The van der Waals surface area contributed by atoms with E-state index in [1.807, 2.05) is 31.2 Å². The monoisotopic (exact) mass is 526 g/mol. The molecule has 0 unspecified atom stereocenters. The summed E-state index contributed by atoms with van der Waals surface area (Å²) in [6.07, 6.45) is 0.767. The first kappa shape index (κ1) is 28.6. The van der Waals surface area contributed by atoms with Gasteiger partial charge in [-0.3, -0.25) is 5.32 Å². The number of hydrogen-bond donors (Lipinski definition) is 1. The molecule has 1 atom stereocenters. The van der Waals surface area contributed by atoms with Gasteiger partial charge < -0.3 is 14.4 Å². The molecule has 1 N–H and O–H groups in total. The predicted octanol–water partition coefficient (Wildman–Crippen LogP) is 4.53. The minimum atomic E-state index is -3.54. The van der Waals surface area contributed by atoms with Crippen LogP contribution in [-0.4, -0.2) is 57.9 Å². The first-order valence-electron chi connectivity index (χ1n) is 12.4. The number of nitrogens with zero attached hydrogens (tertiary/aromatic N) is 1. The molecule has 0 bridgehead atoms. The minimum Gasteiger partial charge on any atom is -0.449 e. The number of nitrogens with one attached hydrogen (secondary N) is 1. The molecule has 198 valence electrons. The average Bonchev–Trinajstić information content (AvgIpc) is 3.66. The number of hydrogen-bond acceptors (Lipinski definition) is 6. The summed E-state index contributed by atoms with van der Waals surface area (Å²) in [4.78, 5) is 26.5. The summed E-state index contributed by atoms with van der Waals surface area (Å²) in [5.74, 6) is 0.00968. The Bertz CT molecular complexity index is 1220. The van der Waals surface area contributed by atoms with E-state index in [9.17, 15) is 18.0 Å². The summed E-state index contributed by atoms with van der Waals surface area (Å²) in [7, 11) is 3.76. The SMILES string of the molecule is [B]c1ccc([C@@H](CC)COC(=O)Nc2ccc(S(=O)(=O)C3CC3)c(CN(C)C(=O)OC(C)(C)C)c2)cc1. The molecule has 2 radical (unpaired) electrons. The molecule has 1 fully saturated rings. The van der Waals surface area contributed by atoms with Crippen LogP contribution in [0.25, 0.3) is 0 Å². The molecule has 2 aromatic carbocycles. The zero-order valence-corrected chi connectivity index (χ0v) is 22.9. The summed E-state index contributed by atoms with van der Waals surface area (Å²) in [5, 5.41) is 2.26. The largest absolute Gasteiger partial charge is 0.449 e. The van der Waals surface area contributed by atoms with Gasteiger partial charge in [0.25, 0.3) is 0 Å². The number of rotatable bonds is 9. The van der Waals surface area contributed by atoms with Gasteiger partial charge in [-0.05, 0) is 69.4 Å². The van der Waals surface area contributed by atoms with Gasteiger partial charge in [-0.15, -0.1) is 0 Å². The van der Waals surface area contributed by atoms with E-state index in [0.29, 0.717) is 29.6 Å². The summed E-state index contributed by atoms with van der Waals surface area (Å²) < 4.78 is 36.9. The standard InChI is InChI=1S/C27H35BN2O6S/c1-6-18(19-7-9-21(28)10-8-19)17-35-25(31)29-22-11-14-24(37(33,34)23-12-13-23)20(15-22)16-30(5)26(32)36-27(2,3)4/h7-11,14-15,18,23H,6,12-13,16-17H2,1-5H3,(H,29,31)/t18-/m0/s1. The third kappa shape index (κ3) is 7.99. The van der Waals surface area contributed by atoms with E-state index >= 15 is 0 Å². The van der Waals surface area contributed by atoms with Gasteiger partial charge in [-0.2, -0.15) is 0 Å². The molecule has 0 saturated heterocycles. The van der Waals surface area contributed by atoms with Gasteiger partial charge in [0.15, 0.2) is 9.84 Å². The second-order valence-corrected chi connectivity index (χ2v) is 12.6. The smallest absolute Gasteiger partial charge is 0.411 e. The van der Waals surface area contributed by atoms with Crippen LogP contribution in [0.1, 0.15) is 64.0 Å². The average molecular weight is 526 g/mol. The lowest BCUT2D eigenvalue weighted by atomic mass is 9.91. The Morgan fingerprint density at radius 3 is 2.35 bits per heavy atom. The molecule has 37 heavy (non-hydrogen) atoms. The molecule has 2 aromatic rings. The summed E-state index contributed by atoms with van der Waals surface area (Å²) in [6.45, 7) is 7.45. The lowest BCUT2D eigenvalue weighted by Crippen LogP contribution is -2.34. The van der Waals surface area contributed by atoms with E-state index in [1.165, 1.54) is 24.1 Å². The van der Waals surface area contributed by atoms with Crippen molar-refractivity contribution in [2.75, 3.05) is 19.0 Å². The van der Waals surface area contributed by atoms with Crippen molar-refractivity contribution in [3.05, 3.63) is 53.6 Å². The van der Waals surface area contributed by atoms with E-state index in [0.717, 1.165) is 12.0 Å². The highest BCUT2D eigenvalue weighted by atomic mass is 32.2. The Morgan fingerprint density at radius 2 is 1.78 bits per heavy atom. The van der Waals surface area contributed by atoms with E-state index in [1.54, 1.807) is 26.8 Å². The second-order valence-electron chi connectivity index (χ2n) is 10.4. The van der Waals surface area contributed by atoms with Crippen molar-refractivity contribution < 1.29 is 27.5 Å². The van der Waals surface area contributed by atoms with Gasteiger partial charge in [0.2, 0.25) is 0 Å². The number of sulfone groups is 1. The fraction of sp³-hybridized carbons (Fsp3) is 0.481. The van der Waals surface area contributed by atoms with E-state index in [4.69, 9.17) is 17.3 Å². The van der Waals surface area contributed by atoms with Gasteiger partial charge in [0.05, 0.1) is 16.7 Å². The maximum absolute atomic E-state index is 13.0. The topological polar surface area (TPSA) is 102 Å². The summed E-state index contributed by atoms with van der Waals surface area (Å²) >= 11 is 0. The minimum absolute atomic E-state index is 0.00416. The second kappa shape index (κ2) is 11.6. The quantitative estimate of drug-likeness (QED) is 0.482. The van der Waals surface area contributed by atoms with Gasteiger partial charge in [0, 0.05) is 18.7 Å². The van der Waals surface area contributed by atoms with Crippen LogP contribution in [0.2, 0.25) is 0 Å². The third-order valence-corrected chi connectivity index (χ3v) is 8.37. The normalized spacial score (nSPS) is 14.5. The maximum atomic E-state index is 13.0. The molecule has 1 aliphatic carbocycles. The molecule has 0 aromatic heterocycles. The van der Waals surface area contributed by atoms with Crippen molar-refractivity contribution in [2.45, 2.75) is 75.2 Å². The van der Waals surface area contributed by atoms with Crippen molar-refractivity contribution >= 4 is 41.0 Å². The predicted molar refractivity (Wildman–Crippen MR) is 144 cm³/mol. The lowest BCUT2D eigenvalue weighted by molar-refractivity contribution is 0.0283. The number of carbonyl (C=O) groups is 2. The molecule has 0 heterocycles. The van der Waals surface area contributed by atoms with Crippen LogP contribution in [0.5, 0.6) is 0 Å². The number of benzene rings is 2. The first-order chi connectivity index (χ1) is 17.3. The molecule has 0 spiro atoms. The van der Waals surface area contributed by atoms with Crippen molar-refractivity contribution in [2.24, 2.45) is 0 Å². The molecular formula is C27H35BN2O6S. The Morgan fingerprint density at radius 1 is 1.14 bits per heavy atom. The fourth-order valence-electron chi connectivity index (χ4n) is 3.82. The number of amides is 2. The van der Waals surface area contributed by atoms with Gasteiger partial charge >= 0.3 is 12.2 Å². The summed E-state index contributed by atoms with van der Waals surface area (Å²) in [5.41, 5.74) is 1.76. The highest BCUT2D eigenvalue weighted by Gasteiger charge is 2.38. The van der Waals surface area contributed by atoms with Crippen LogP contribution in [0.3, 0.4) is 0 Å². The number of ether oxygens (including phenoxy) is 2. The highest BCUT2D eigenvalue weighted by molar-refractivity contribution is 7.92. The van der Waals surface area contributed by atoms with Crippen LogP contribution in [-0.2, 0) is 25.9 Å². The Kier molecular flexibility index (Phi) is 8.94.